The summed E-state index contributed by atoms with van der Waals surface area (Å²) in [4.78, 5) is 2.54. The number of hydrogen-bond donors (Lipinski definition) is 2. The lowest BCUT2D eigenvalue weighted by molar-refractivity contribution is 0.198. The first-order valence-corrected chi connectivity index (χ1v) is 7.98. The van der Waals surface area contributed by atoms with Crippen LogP contribution in [0.4, 0.5) is 0 Å². The zero-order valence-corrected chi connectivity index (χ0v) is 12.2. The van der Waals surface area contributed by atoms with Gasteiger partial charge in [0.15, 0.2) is 0 Å². The van der Waals surface area contributed by atoms with Gasteiger partial charge in [-0.1, -0.05) is 36.8 Å². The molecule has 1 aromatic rings. The molecule has 1 saturated heterocycles. The SMILES string of the molecule is OCC1CCCC1NC1CCN(Cc2ccccc2)C1. The van der Waals surface area contributed by atoms with Crippen molar-refractivity contribution in [2.45, 2.75) is 44.3 Å². The lowest BCUT2D eigenvalue weighted by atomic mass is 10.0. The summed E-state index contributed by atoms with van der Waals surface area (Å²) in [6.07, 6.45) is 4.93. The zero-order chi connectivity index (χ0) is 13.8. The number of aliphatic hydroxyl groups excluding tert-OH is 1. The molecule has 3 atom stereocenters. The molecule has 3 heteroatoms. The molecule has 3 rings (SSSR count). The van der Waals surface area contributed by atoms with Gasteiger partial charge in [-0.2, -0.15) is 0 Å². The van der Waals surface area contributed by atoms with Gasteiger partial charge in [0.25, 0.3) is 0 Å². The number of aliphatic hydroxyl groups is 1. The van der Waals surface area contributed by atoms with Crippen LogP contribution in [0.1, 0.15) is 31.2 Å². The van der Waals surface area contributed by atoms with Gasteiger partial charge in [-0.05, 0) is 30.7 Å². The van der Waals surface area contributed by atoms with Crippen LogP contribution >= 0.6 is 0 Å². The maximum Gasteiger partial charge on any atom is 0.0474 e. The number of nitrogens with zero attached hydrogens (tertiary/aromatic N) is 1. The molecule has 1 aromatic carbocycles. The van der Waals surface area contributed by atoms with E-state index in [0.29, 0.717) is 24.6 Å². The van der Waals surface area contributed by atoms with Crippen molar-refractivity contribution in [1.82, 2.24) is 10.2 Å². The summed E-state index contributed by atoms with van der Waals surface area (Å²) >= 11 is 0. The van der Waals surface area contributed by atoms with Crippen molar-refractivity contribution in [2.24, 2.45) is 5.92 Å². The first-order chi connectivity index (χ1) is 9.85. The van der Waals surface area contributed by atoms with Crippen LogP contribution in [0.2, 0.25) is 0 Å². The average molecular weight is 274 g/mol. The van der Waals surface area contributed by atoms with Gasteiger partial charge in [-0.3, -0.25) is 4.90 Å². The molecular weight excluding hydrogens is 248 g/mol. The van der Waals surface area contributed by atoms with E-state index in [-0.39, 0.29) is 0 Å². The van der Waals surface area contributed by atoms with E-state index in [1.165, 1.54) is 37.8 Å². The fourth-order valence-electron chi connectivity index (χ4n) is 3.73. The fourth-order valence-corrected chi connectivity index (χ4v) is 3.73. The van der Waals surface area contributed by atoms with Gasteiger partial charge in [0, 0.05) is 38.3 Å². The summed E-state index contributed by atoms with van der Waals surface area (Å²) in [5.41, 5.74) is 1.40. The highest BCUT2D eigenvalue weighted by Crippen LogP contribution is 2.26. The molecule has 110 valence electrons. The lowest BCUT2D eigenvalue weighted by Crippen LogP contribution is -2.42. The predicted molar refractivity (Wildman–Crippen MR) is 81.5 cm³/mol. The molecule has 20 heavy (non-hydrogen) atoms. The largest absolute Gasteiger partial charge is 0.396 e. The molecule has 1 heterocycles. The summed E-state index contributed by atoms with van der Waals surface area (Å²) in [6, 6.07) is 11.9. The Labute approximate surface area is 122 Å². The van der Waals surface area contributed by atoms with E-state index in [9.17, 15) is 5.11 Å². The minimum atomic E-state index is 0.345. The van der Waals surface area contributed by atoms with Gasteiger partial charge >= 0.3 is 0 Å². The maximum atomic E-state index is 9.41. The lowest BCUT2D eigenvalue weighted by Gasteiger charge is -2.24. The monoisotopic (exact) mass is 274 g/mol. The van der Waals surface area contributed by atoms with Crippen molar-refractivity contribution in [2.75, 3.05) is 19.7 Å². The summed E-state index contributed by atoms with van der Waals surface area (Å²) in [6.45, 7) is 3.73. The number of benzene rings is 1. The average Bonchev–Trinajstić information content (AvgIpc) is 3.10. The molecule has 3 nitrogen and oxygen atoms in total. The van der Waals surface area contributed by atoms with Crippen molar-refractivity contribution in [1.29, 1.82) is 0 Å². The van der Waals surface area contributed by atoms with Gasteiger partial charge in [0.1, 0.15) is 0 Å². The second kappa shape index (κ2) is 6.70. The highest BCUT2D eigenvalue weighted by Gasteiger charge is 2.31. The summed E-state index contributed by atoms with van der Waals surface area (Å²) < 4.78 is 0. The highest BCUT2D eigenvalue weighted by atomic mass is 16.3. The molecule has 1 aliphatic carbocycles. The molecule has 1 aliphatic heterocycles. The Hall–Kier alpha value is -0.900. The Bertz CT molecular complexity index is 409. The van der Waals surface area contributed by atoms with Crippen molar-refractivity contribution in [3.63, 3.8) is 0 Å². The molecule has 2 fully saturated rings. The molecule has 0 amide bonds. The standard InChI is InChI=1S/C17H26N2O/c20-13-15-7-4-8-17(15)18-16-9-10-19(12-16)11-14-5-2-1-3-6-14/h1-3,5-6,15-18,20H,4,7-13H2. The van der Waals surface area contributed by atoms with Crippen LogP contribution in [0, 0.1) is 5.92 Å². The van der Waals surface area contributed by atoms with E-state index in [4.69, 9.17) is 0 Å². The summed E-state index contributed by atoms with van der Waals surface area (Å²) in [5, 5.41) is 13.2. The Balaban J connectivity index is 1.47. The van der Waals surface area contributed by atoms with E-state index in [2.05, 4.69) is 40.5 Å². The first kappa shape index (κ1) is 14.1. The molecule has 0 spiro atoms. The summed E-state index contributed by atoms with van der Waals surface area (Å²) in [5.74, 6) is 0.484. The number of nitrogens with one attached hydrogen (secondary N) is 1. The van der Waals surface area contributed by atoms with Gasteiger partial charge in [-0.25, -0.2) is 0 Å². The van der Waals surface area contributed by atoms with Crippen LogP contribution < -0.4 is 5.32 Å². The second-order valence-electron chi connectivity index (χ2n) is 6.35. The minimum absolute atomic E-state index is 0.345. The molecule has 2 N–H and O–H groups in total. The van der Waals surface area contributed by atoms with Gasteiger partial charge in [0.2, 0.25) is 0 Å². The number of rotatable bonds is 5. The van der Waals surface area contributed by atoms with Crippen molar-refractivity contribution >= 4 is 0 Å². The van der Waals surface area contributed by atoms with Gasteiger partial charge < -0.3 is 10.4 Å². The molecule has 1 saturated carbocycles. The van der Waals surface area contributed by atoms with E-state index >= 15 is 0 Å². The molecule has 0 radical (unpaired) electrons. The van der Waals surface area contributed by atoms with Crippen LogP contribution in [-0.4, -0.2) is 41.8 Å². The van der Waals surface area contributed by atoms with Crippen molar-refractivity contribution in [3.05, 3.63) is 35.9 Å². The van der Waals surface area contributed by atoms with E-state index in [1.807, 2.05) is 0 Å². The number of likely N-dealkylation sites (tertiary alicyclic amines) is 1. The molecule has 0 aromatic heterocycles. The maximum absolute atomic E-state index is 9.41. The van der Waals surface area contributed by atoms with Crippen LogP contribution in [0.5, 0.6) is 0 Å². The topological polar surface area (TPSA) is 35.5 Å². The third-order valence-corrected chi connectivity index (χ3v) is 4.86. The van der Waals surface area contributed by atoms with Crippen LogP contribution in [0.3, 0.4) is 0 Å². The second-order valence-corrected chi connectivity index (χ2v) is 6.35. The molecular formula is C17H26N2O. The smallest absolute Gasteiger partial charge is 0.0474 e. The third kappa shape index (κ3) is 3.40. The van der Waals surface area contributed by atoms with Crippen molar-refractivity contribution < 1.29 is 5.11 Å². The Morgan fingerprint density at radius 2 is 2.00 bits per heavy atom. The van der Waals surface area contributed by atoms with E-state index in [1.54, 1.807) is 0 Å². The minimum Gasteiger partial charge on any atom is -0.396 e. The third-order valence-electron chi connectivity index (χ3n) is 4.86. The van der Waals surface area contributed by atoms with E-state index in [0.717, 1.165) is 13.1 Å². The normalized spacial score (nSPS) is 30.9. The van der Waals surface area contributed by atoms with Gasteiger partial charge in [-0.15, -0.1) is 0 Å². The van der Waals surface area contributed by atoms with Gasteiger partial charge in [0.05, 0.1) is 0 Å². The van der Waals surface area contributed by atoms with Crippen LogP contribution in [0.15, 0.2) is 30.3 Å². The van der Waals surface area contributed by atoms with Crippen LogP contribution in [0.25, 0.3) is 0 Å². The molecule has 3 unspecified atom stereocenters. The van der Waals surface area contributed by atoms with Crippen molar-refractivity contribution in [3.8, 4) is 0 Å². The first-order valence-electron chi connectivity index (χ1n) is 7.98. The predicted octanol–water partition coefficient (Wildman–Crippen LogP) is 2.01. The quantitative estimate of drug-likeness (QED) is 0.862. The highest BCUT2D eigenvalue weighted by molar-refractivity contribution is 5.14. The van der Waals surface area contributed by atoms with Crippen LogP contribution in [-0.2, 0) is 6.54 Å². The number of hydrogen-bond acceptors (Lipinski definition) is 3. The zero-order valence-electron chi connectivity index (χ0n) is 12.2. The molecule has 0 bridgehead atoms. The molecule has 2 aliphatic rings. The summed E-state index contributed by atoms with van der Waals surface area (Å²) in [7, 11) is 0. The fraction of sp³-hybridized carbons (Fsp3) is 0.647. The Morgan fingerprint density at radius 3 is 2.80 bits per heavy atom. The Morgan fingerprint density at radius 1 is 1.15 bits per heavy atom. The van der Waals surface area contributed by atoms with E-state index < -0.39 is 0 Å². The Kier molecular flexibility index (Phi) is 4.71.